The molecule has 0 aliphatic heterocycles. The highest BCUT2D eigenvalue weighted by Crippen LogP contribution is 2.35. The van der Waals surface area contributed by atoms with E-state index >= 15 is 0 Å². The molecule has 1 unspecified atom stereocenters. The van der Waals surface area contributed by atoms with Gasteiger partial charge in [-0.3, -0.25) is 10.1 Å². The van der Waals surface area contributed by atoms with Crippen LogP contribution in [0.15, 0.2) is 34.2 Å². The van der Waals surface area contributed by atoms with E-state index in [1.165, 1.54) is 17.8 Å². The predicted molar refractivity (Wildman–Crippen MR) is 96.0 cm³/mol. The number of nitro groups is 1. The first-order valence-corrected chi connectivity index (χ1v) is 9.02. The zero-order valence-corrected chi connectivity index (χ0v) is 15.4. The molecular formula is C17H23N3O4S. The molecular weight excluding hydrogens is 342 g/mol. The number of nitro benzene ring substituents is 1. The SMILES string of the molecule is CCC(OCCO)c1nc(Sc2cccc([N+](=O)[O-])c2)c(C(C)C)[nH]1. The number of aliphatic hydroxyl groups is 1. The zero-order chi connectivity index (χ0) is 18.4. The standard InChI is InChI=1S/C17H23N3O4S/c1-4-14(24-9-8-21)16-18-15(11(2)3)17(19-16)25-13-7-5-6-12(10-13)20(22)23/h5-7,10-11,14,21H,4,8-9H2,1-3H3,(H,18,19). The molecule has 1 aromatic heterocycles. The van der Waals surface area contributed by atoms with Crippen LogP contribution in [0.2, 0.25) is 0 Å². The summed E-state index contributed by atoms with van der Waals surface area (Å²) in [6, 6.07) is 6.51. The first-order valence-electron chi connectivity index (χ1n) is 8.20. The van der Waals surface area contributed by atoms with Crippen molar-refractivity contribution in [3.8, 4) is 0 Å². The van der Waals surface area contributed by atoms with Crippen molar-refractivity contribution in [1.82, 2.24) is 9.97 Å². The Labute approximate surface area is 151 Å². The Hall–Kier alpha value is -1.90. The number of hydrogen-bond donors (Lipinski definition) is 2. The zero-order valence-electron chi connectivity index (χ0n) is 14.6. The first-order chi connectivity index (χ1) is 12.0. The van der Waals surface area contributed by atoms with Crippen LogP contribution >= 0.6 is 11.8 Å². The molecule has 0 bridgehead atoms. The molecule has 0 radical (unpaired) electrons. The molecule has 1 heterocycles. The van der Waals surface area contributed by atoms with E-state index in [-0.39, 0.29) is 30.9 Å². The van der Waals surface area contributed by atoms with Crippen molar-refractivity contribution >= 4 is 17.4 Å². The second kappa shape index (κ2) is 8.98. The largest absolute Gasteiger partial charge is 0.394 e. The van der Waals surface area contributed by atoms with Crippen LogP contribution in [0, 0.1) is 10.1 Å². The van der Waals surface area contributed by atoms with E-state index < -0.39 is 4.92 Å². The van der Waals surface area contributed by atoms with Crippen molar-refractivity contribution in [2.75, 3.05) is 13.2 Å². The van der Waals surface area contributed by atoms with Crippen LogP contribution in [0.1, 0.15) is 50.7 Å². The number of hydrogen-bond acceptors (Lipinski definition) is 6. The third kappa shape index (κ3) is 5.04. The van der Waals surface area contributed by atoms with E-state index in [1.54, 1.807) is 12.1 Å². The number of aromatic amines is 1. The van der Waals surface area contributed by atoms with Crippen molar-refractivity contribution in [2.45, 2.75) is 49.1 Å². The summed E-state index contributed by atoms with van der Waals surface area (Å²) in [6.45, 7) is 6.33. The Morgan fingerprint density at radius 3 is 2.80 bits per heavy atom. The molecule has 0 spiro atoms. The van der Waals surface area contributed by atoms with Gasteiger partial charge in [0.05, 0.1) is 23.8 Å². The lowest BCUT2D eigenvalue weighted by Gasteiger charge is -2.12. The number of nitrogens with one attached hydrogen (secondary N) is 1. The van der Waals surface area contributed by atoms with Crippen molar-refractivity contribution in [3.63, 3.8) is 0 Å². The summed E-state index contributed by atoms with van der Waals surface area (Å²) in [4.78, 5) is 19.3. The second-order valence-electron chi connectivity index (χ2n) is 5.84. The molecule has 1 atom stereocenters. The van der Waals surface area contributed by atoms with Gasteiger partial charge < -0.3 is 14.8 Å². The van der Waals surface area contributed by atoms with E-state index in [1.807, 2.05) is 13.0 Å². The minimum Gasteiger partial charge on any atom is -0.394 e. The molecule has 2 rings (SSSR count). The summed E-state index contributed by atoms with van der Waals surface area (Å²) < 4.78 is 5.63. The lowest BCUT2D eigenvalue weighted by atomic mass is 10.1. The normalized spacial score (nSPS) is 12.5. The molecule has 0 aliphatic carbocycles. The summed E-state index contributed by atoms with van der Waals surface area (Å²) in [7, 11) is 0. The fourth-order valence-corrected chi connectivity index (χ4v) is 3.46. The lowest BCUT2D eigenvalue weighted by molar-refractivity contribution is -0.385. The number of aromatic nitrogens is 2. The molecule has 8 heteroatoms. The average Bonchev–Trinajstić information content (AvgIpc) is 2.99. The number of benzene rings is 1. The molecule has 0 saturated carbocycles. The Morgan fingerprint density at radius 1 is 1.44 bits per heavy atom. The van der Waals surface area contributed by atoms with E-state index in [4.69, 9.17) is 9.84 Å². The van der Waals surface area contributed by atoms with Crippen LogP contribution in [-0.4, -0.2) is 33.2 Å². The molecule has 7 nitrogen and oxygen atoms in total. The van der Waals surface area contributed by atoms with Gasteiger partial charge in [0, 0.05) is 17.0 Å². The van der Waals surface area contributed by atoms with Gasteiger partial charge in [-0.1, -0.05) is 38.6 Å². The number of non-ortho nitro benzene ring substituents is 1. The summed E-state index contributed by atoms with van der Waals surface area (Å²) in [6.07, 6.45) is 0.510. The maximum Gasteiger partial charge on any atom is 0.270 e. The topological polar surface area (TPSA) is 101 Å². The highest BCUT2D eigenvalue weighted by molar-refractivity contribution is 7.99. The molecule has 0 saturated heterocycles. The molecule has 0 fully saturated rings. The molecule has 2 N–H and O–H groups in total. The van der Waals surface area contributed by atoms with Gasteiger partial charge in [0.1, 0.15) is 17.0 Å². The minimum atomic E-state index is -0.404. The quantitative estimate of drug-likeness (QED) is 0.513. The molecule has 1 aromatic carbocycles. The summed E-state index contributed by atoms with van der Waals surface area (Å²) >= 11 is 1.39. The molecule has 0 amide bonds. The fourth-order valence-electron chi connectivity index (χ4n) is 2.37. The molecule has 0 aliphatic rings. The van der Waals surface area contributed by atoms with Crippen LogP contribution in [0.4, 0.5) is 5.69 Å². The van der Waals surface area contributed by atoms with Gasteiger partial charge in [-0.15, -0.1) is 0 Å². The van der Waals surface area contributed by atoms with Gasteiger partial charge in [-0.2, -0.15) is 0 Å². The van der Waals surface area contributed by atoms with Crippen LogP contribution in [0.5, 0.6) is 0 Å². The lowest BCUT2D eigenvalue weighted by Crippen LogP contribution is -2.08. The van der Waals surface area contributed by atoms with Gasteiger partial charge >= 0.3 is 0 Å². The van der Waals surface area contributed by atoms with E-state index in [0.29, 0.717) is 5.82 Å². The highest BCUT2D eigenvalue weighted by atomic mass is 32.2. The average molecular weight is 365 g/mol. The number of imidazole rings is 1. The van der Waals surface area contributed by atoms with Gasteiger partial charge in [-0.25, -0.2) is 4.98 Å². The monoisotopic (exact) mass is 365 g/mol. The Kier molecular flexibility index (Phi) is 6.98. The number of rotatable bonds is 9. The van der Waals surface area contributed by atoms with E-state index in [0.717, 1.165) is 22.0 Å². The molecule has 2 aromatic rings. The Balaban J connectivity index is 2.30. The minimum absolute atomic E-state index is 0.0382. The smallest absolute Gasteiger partial charge is 0.270 e. The predicted octanol–water partition coefficient (Wildman–Crippen LogP) is 4.05. The summed E-state index contributed by atoms with van der Waals surface area (Å²) in [5.74, 6) is 0.936. The third-order valence-electron chi connectivity index (χ3n) is 3.62. The van der Waals surface area contributed by atoms with Crippen molar-refractivity contribution in [3.05, 3.63) is 45.9 Å². The molecule has 136 valence electrons. The van der Waals surface area contributed by atoms with Gasteiger partial charge in [0.15, 0.2) is 0 Å². The second-order valence-corrected chi connectivity index (χ2v) is 6.91. The Bertz CT molecular complexity index is 718. The molecule has 25 heavy (non-hydrogen) atoms. The van der Waals surface area contributed by atoms with Crippen molar-refractivity contribution < 1.29 is 14.8 Å². The highest BCUT2D eigenvalue weighted by Gasteiger charge is 2.20. The van der Waals surface area contributed by atoms with Crippen molar-refractivity contribution in [2.24, 2.45) is 0 Å². The van der Waals surface area contributed by atoms with E-state index in [9.17, 15) is 10.1 Å². The summed E-state index contributed by atoms with van der Waals surface area (Å²) in [5, 5.41) is 20.7. The Morgan fingerprint density at radius 2 is 2.20 bits per heavy atom. The van der Waals surface area contributed by atoms with Crippen LogP contribution in [-0.2, 0) is 4.74 Å². The number of aliphatic hydroxyl groups excluding tert-OH is 1. The first kappa shape index (κ1) is 19.4. The van der Waals surface area contributed by atoms with Crippen molar-refractivity contribution in [1.29, 1.82) is 0 Å². The van der Waals surface area contributed by atoms with E-state index in [2.05, 4.69) is 23.8 Å². The number of H-pyrrole nitrogens is 1. The third-order valence-corrected chi connectivity index (χ3v) is 4.62. The maximum atomic E-state index is 11.0. The van der Waals surface area contributed by atoms with Gasteiger partial charge in [0.25, 0.3) is 5.69 Å². The maximum absolute atomic E-state index is 11.0. The van der Waals surface area contributed by atoms with Gasteiger partial charge in [0.2, 0.25) is 0 Å². The summed E-state index contributed by atoms with van der Waals surface area (Å²) in [5.41, 5.74) is 1.03. The number of ether oxygens (including phenoxy) is 1. The van der Waals surface area contributed by atoms with Crippen LogP contribution in [0.3, 0.4) is 0 Å². The van der Waals surface area contributed by atoms with Crippen LogP contribution in [0.25, 0.3) is 0 Å². The van der Waals surface area contributed by atoms with Crippen LogP contribution < -0.4 is 0 Å². The van der Waals surface area contributed by atoms with Gasteiger partial charge in [-0.05, 0) is 18.4 Å². The fraction of sp³-hybridized carbons (Fsp3) is 0.471. The number of nitrogens with zero attached hydrogens (tertiary/aromatic N) is 2.